The molecule has 0 amide bonds. The molecule has 2 nitrogen and oxygen atoms in total. The fourth-order valence-corrected chi connectivity index (χ4v) is 1.59. The molecule has 1 rings (SSSR count). The highest BCUT2D eigenvalue weighted by Gasteiger charge is 2.06. The van der Waals surface area contributed by atoms with Crippen LogP contribution in [0.3, 0.4) is 0 Å². The second-order valence-corrected chi connectivity index (χ2v) is 3.87. The third kappa shape index (κ3) is 3.23. The number of anilines is 1. The number of nitrogens with zero attached hydrogens (tertiary/aromatic N) is 1. The molecule has 0 heterocycles. The molecular weight excluding hydrogens is 203 g/mol. The van der Waals surface area contributed by atoms with E-state index in [1.165, 1.54) is 12.1 Å². The van der Waals surface area contributed by atoms with Crippen molar-refractivity contribution in [2.24, 2.45) is 5.92 Å². The van der Waals surface area contributed by atoms with Crippen LogP contribution >= 0.6 is 0 Å². The molecule has 0 atom stereocenters. The molecule has 1 aromatic carbocycles. The Balaban J connectivity index is 2.70. The Labute approximate surface area is 96.1 Å². The van der Waals surface area contributed by atoms with Crippen LogP contribution in [0.2, 0.25) is 0 Å². The first-order valence-electron chi connectivity index (χ1n) is 5.64. The van der Waals surface area contributed by atoms with Crippen LogP contribution in [0.1, 0.15) is 32.3 Å². The Morgan fingerprint density at radius 1 is 1.38 bits per heavy atom. The van der Waals surface area contributed by atoms with Gasteiger partial charge < -0.3 is 5.32 Å². The lowest BCUT2D eigenvalue weighted by molar-refractivity contribution is 0.519. The summed E-state index contributed by atoms with van der Waals surface area (Å²) in [5, 5.41) is 12.1. The molecule has 0 aliphatic rings. The minimum absolute atomic E-state index is 0.367. The summed E-state index contributed by atoms with van der Waals surface area (Å²) in [5.41, 5.74) is 1.08. The average molecular weight is 220 g/mol. The van der Waals surface area contributed by atoms with Crippen LogP contribution in [0, 0.1) is 23.1 Å². The predicted molar refractivity (Wildman–Crippen MR) is 63.7 cm³/mol. The van der Waals surface area contributed by atoms with E-state index in [-0.39, 0.29) is 5.82 Å². The van der Waals surface area contributed by atoms with Crippen LogP contribution in [-0.2, 0) is 0 Å². The highest BCUT2D eigenvalue weighted by Crippen LogP contribution is 2.17. The highest BCUT2D eigenvalue weighted by molar-refractivity contribution is 5.57. The second-order valence-electron chi connectivity index (χ2n) is 3.87. The van der Waals surface area contributed by atoms with Gasteiger partial charge in [-0.1, -0.05) is 26.7 Å². The van der Waals surface area contributed by atoms with Crippen molar-refractivity contribution in [1.29, 1.82) is 5.26 Å². The largest absolute Gasteiger partial charge is 0.384 e. The topological polar surface area (TPSA) is 35.8 Å². The van der Waals surface area contributed by atoms with E-state index in [1.807, 2.05) is 6.07 Å². The smallest absolute Gasteiger partial charge is 0.124 e. The van der Waals surface area contributed by atoms with Crippen molar-refractivity contribution < 1.29 is 4.39 Å². The molecule has 0 radical (unpaired) electrons. The maximum Gasteiger partial charge on any atom is 0.124 e. The number of nitriles is 1. The molecule has 0 unspecified atom stereocenters. The summed E-state index contributed by atoms with van der Waals surface area (Å²) in [6.07, 6.45) is 2.21. The zero-order valence-electron chi connectivity index (χ0n) is 9.76. The van der Waals surface area contributed by atoms with Gasteiger partial charge in [-0.15, -0.1) is 0 Å². The van der Waals surface area contributed by atoms with Gasteiger partial charge in [0.25, 0.3) is 0 Å². The summed E-state index contributed by atoms with van der Waals surface area (Å²) in [4.78, 5) is 0. The highest BCUT2D eigenvalue weighted by atomic mass is 19.1. The third-order valence-electron chi connectivity index (χ3n) is 2.84. The lowest BCUT2D eigenvalue weighted by Gasteiger charge is -2.15. The van der Waals surface area contributed by atoms with E-state index < -0.39 is 0 Å². The summed E-state index contributed by atoms with van der Waals surface area (Å²) >= 11 is 0. The first-order valence-corrected chi connectivity index (χ1v) is 5.64. The lowest BCUT2D eigenvalue weighted by Crippen LogP contribution is -2.13. The maximum absolute atomic E-state index is 12.9. The van der Waals surface area contributed by atoms with E-state index in [0.29, 0.717) is 11.5 Å². The van der Waals surface area contributed by atoms with Crippen LogP contribution in [0.4, 0.5) is 10.1 Å². The van der Waals surface area contributed by atoms with Crippen molar-refractivity contribution >= 4 is 5.69 Å². The summed E-state index contributed by atoms with van der Waals surface area (Å²) in [6.45, 7) is 5.12. The zero-order valence-corrected chi connectivity index (χ0v) is 9.76. The molecule has 86 valence electrons. The number of rotatable bonds is 5. The Morgan fingerprint density at radius 2 is 2.06 bits per heavy atom. The number of benzene rings is 1. The molecule has 16 heavy (non-hydrogen) atoms. The quantitative estimate of drug-likeness (QED) is 0.823. The number of hydrogen-bond acceptors (Lipinski definition) is 2. The van der Waals surface area contributed by atoms with Gasteiger partial charge in [0.15, 0.2) is 0 Å². The van der Waals surface area contributed by atoms with E-state index in [1.54, 1.807) is 6.07 Å². The summed E-state index contributed by atoms with van der Waals surface area (Å²) in [7, 11) is 0. The van der Waals surface area contributed by atoms with E-state index in [9.17, 15) is 4.39 Å². The Hall–Kier alpha value is -1.56. The van der Waals surface area contributed by atoms with Gasteiger partial charge in [-0.05, 0) is 24.1 Å². The van der Waals surface area contributed by atoms with Crippen LogP contribution in [0.25, 0.3) is 0 Å². The SMILES string of the molecule is CCC(CC)CNc1ccc(F)cc1C#N. The van der Waals surface area contributed by atoms with Gasteiger partial charge >= 0.3 is 0 Å². The Bertz CT molecular complexity index is 378. The van der Waals surface area contributed by atoms with Gasteiger partial charge in [0, 0.05) is 6.54 Å². The standard InChI is InChI=1S/C13H17FN2/c1-3-10(4-2)9-16-13-6-5-12(14)7-11(13)8-15/h5-7,10,16H,3-4,9H2,1-2H3. The van der Waals surface area contributed by atoms with Gasteiger partial charge in [0.1, 0.15) is 11.9 Å². The van der Waals surface area contributed by atoms with Crippen LogP contribution in [-0.4, -0.2) is 6.54 Å². The van der Waals surface area contributed by atoms with Crippen LogP contribution in [0.5, 0.6) is 0 Å². The van der Waals surface area contributed by atoms with E-state index in [4.69, 9.17) is 5.26 Å². The minimum Gasteiger partial charge on any atom is -0.384 e. The van der Waals surface area contributed by atoms with Crippen molar-refractivity contribution in [2.45, 2.75) is 26.7 Å². The molecule has 0 spiro atoms. The van der Waals surface area contributed by atoms with Gasteiger partial charge in [-0.25, -0.2) is 4.39 Å². The van der Waals surface area contributed by atoms with Crippen LogP contribution in [0.15, 0.2) is 18.2 Å². The number of halogens is 1. The minimum atomic E-state index is -0.371. The summed E-state index contributed by atoms with van der Waals surface area (Å²) in [5.74, 6) is 0.223. The van der Waals surface area contributed by atoms with Crippen LogP contribution < -0.4 is 5.32 Å². The molecule has 0 aliphatic carbocycles. The first kappa shape index (κ1) is 12.5. The van der Waals surface area contributed by atoms with Gasteiger partial charge in [0.05, 0.1) is 11.3 Å². The molecule has 0 aliphatic heterocycles. The average Bonchev–Trinajstić information content (AvgIpc) is 2.31. The molecule has 0 fully saturated rings. The van der Waals surface area contributed by atoms with E-state index >= 15 is 0 Å². The fraction of sp³-hybridized carbons (Fsp3) is 0.462. The summed E-state index contributed by atoms with van der Waals surface area (Å²) in [6, 6.07) is 6.25. The van der Waals surface area contributed by atoms with Gasteiger partial charge in [0.2, 0.25) is 0 Å². The summed E-state index contributed by atoms with van der Waals surface area (Å²) < 4.78 is 12.9. The van der Waals surface area contributed by atoms with E-state index in [0.717, 1.165) is 25.1 Å². The first-order chi connectivity index (χ1) is 7.71. The maximum atomic E-state index is 12.9. The third-order valence-corrected chi connectivity index (χ3v) is 2.84. The zero-order chi connectivity index (χ0) is 12.0. The van der Waals surface area contributed by atoms with E-state index in [2.05, 4.69) is 19.2 Å². The molecule has 3 heteroatoms. The monoisotopic (exact) mass is 220 g/mol. The van der Waals surface area contributed by atoms with Crippen molar-refractivity contribution in [2.75, 3.05) is 11.9 Å². The molecule has 0 aromatic heterocycles. The van der Waals surface area contributed by atoms with Crippen molar-refractivity contribution in [3.8, 4) is 6.07 Å². The van der Waals surface area contributed by atoms with Crippen molar-refractivity contribution in [3.63, 3.8) is 0 Å². The molecule has 0 saturated heterocycles. The number of nitrogens with one attached hydrogen (secondary N) is 1. The van der Waals surface area contributed by atoms with Crippen molar-refractivity contribution in [1.82, 2.24) is 0 Å². The van der Waals surface area contributed by atoms with Gasteiger partial charge in [-0.2, -0.15) is 5.26 Å². The molecular formula is C13H17FN2. The Morgan fingerprint density at radius 3 is 2.62 bits per heavy atom. The normalized spacial score (nSPS) is 10.2. The van der Waals surface area contributed by atoms with Gasteiger partial charge in [-0.3, -0.25) is 0 Å². The second kappa shape index (κ2) is 6.12. The fourth-order valence-electron chi connectivity index (χ4n) is 1.59. The molecule has 1 aromatic rings. The number of hydrogen-bond donors (Lipinski definition) is 1. The molecule has 0 saturated carbocycles. The Kier molecular flexibility index (Phi) is 4.78. The van der Waals surface area contributed by atoms with Crippen molar-refractivity contribution in [3.05, 3.63) is 29.6 Å². The molecule has 1 N–H and O–H groups in total. The lowest BCUT2D eigenvalue weighted by atomic mass is 10.0. The molecule has 0 bridgehead atoms. The predicted octanol–water partition coefficient (Wildman–Crippen LogP) is 3.55.